The second-order valence-corrected chi connectivity index (χ2v) is 8.07. The Balaban J connectivity index is 2.00. The average Bonchev–Trinajstić information content (AvgIpc) is 2.43. The third-order valence-electron chi connectivity index (χ3n) is 6.13. The summed E-state index contributed by atoms with van der Waals surface area (Å²) in [5.74, 6) is 0.846. The molecule has 0 bridgehead atoms. The Morgan fingerprint density at radius 3 is 2.29 bits per heavy atom. The summed E-state index contributed by atoms with van der Waals surface area (Å²) in [6, 6.07) is 6.82. The number of hydrogen-bond acceptors (Lipinski definition) is 1. The smallest absolute Gasteiger partial charge is 0.0195 e. The lowest BCUT2D eigenvalue weighted by molar-refractivity contribution is 0.115. The van der Waals surface area contributed by atoms with E-state index >= 15 is 0 Å². The van der Waals surface area contributed by atoms with Gasteiger partial charge in [-0.25, -0.2) is 0 Å². The minimum absolute atomic E-state index is 0.0159. The molecule has 0 atom stereocenters. The molecule has 1 heteroatoms. The highest BCUT2D eigenvalue weighted by Gasteiger charge is 2.37. The molecule has 1 nitrogen and oxygen atoms in total. The molecule has 118 valence electrons. The standard InChI is InChI=1S/C20H33N/c1-6-19(4,5)18-9-11-20(21,12-10-18)14-17-8-7-15(2)16(3)13-17/h7-8,13,18H,6,9-12,14,21H2,1-5H3. The summed E-state index contributed by atoms with van der Waals surface area (Å²) in [6.07, 6.45) is 7.24. The van der Waals surface area contributed by atoms with Crippen molar-refractivity contribution in [1.29, 1.82) is 0 Å². The Kier molecular flexibility index (Phi) is 4.82. The van der Waals surface area contributed by atoms with E-state index in [2.05, 4.69) is 52.8 Å². The molecule has 1 aliphatic carbocycles. The van der Waals surface area contributed by atoms with Crippen LogP contribution in [-0.4, -0.2) is 5.54 Å². The lowest BCUT2D eigenvalue weighted by Crippen LogP contribution is -2.47. The summed E-state index contributed by atoms with van der Waals surface area (Å²) < 4.78 is 0. The Morgan fingerprint density at radius 2 is 1.76 bits per heavy atom. The van der Waals surface area contributed by atoms with Crippen LogP contribution in [0.1, 0.15) is 69.6 Å². The van der Waals surface area contributed by atoms with Crippen LogP contribution in [0.25, 0.3) is 0 Å². The molecule has 0 aliphatic heterocycles. The van der Waals surface area contributed by atoms with Crippen LogP contribution in [-0.2, 0) is 6.42 Å². The third-order valence-corrected chi connectivity index (χ3v) is 6.13. The minimum atomic E-state index is 0.0159. The van der Waals surface area contributed by atoms with E-state index in [1.54, 1.807) is 0 Å². The van der Waals surface area contributed by atoms with Gasteiger partial charge in [-0.05, 0) is 74.0 Å². The maximum Gasteiger partial charge on any atom is 0.0195 e. The van der Waals surface area contributed by atoms with E-state index in [-0.39, 0.29) is 5.54 Å². The second-order valence-electron chi connectivity index (χ2n) is 8.07. The van der Waals surface area contributed by atoms with Gasteiger partial charge in [0.25, 0.3) is 0 Å². The van der Waals surface area contributed by atoms with E-state index in [0.29, 0.717) is 5.41 Å². The van der Waals surface area contributed by atoms with Gasteiger partial charge in [0, 0.05) is 5.54 Å². The first kappa shape index (κ1) is 16.5. The van der Waals surface area contributed by atoms with Crippen molar-refractivity contribution >= 4 is 0 Å². The molecule has 2 N–H and O–H groups in total. The lowest BCUT2D eigenvalue weighted by Gasteiger charge is -2.43. The molecular formula is C20H33N. The van der Waals surface area contributed by atoms with Crippen molar-refractivity contribution in [3.63, 3.8) is 0 Å². The van der Waals surface area contributed by atoms with E-state index in [9.17, 15) is 0 Å². The Bertz CT molecular complexity index is 479. The molecule has 2 rings (SSSR count). The van der Waals surface area contributed by atoms with Crippen LogP contribution in [0.2, 0.25) is 0 Å². The van der Waals surface area contributed by atoms with Crippen molar-refractivity contribution in [1.82, 2.24) is 0 Å². The third kappa shape index (κ3) is 3.88. The maximum absolute atomic E-state index is 6.73. The fourth-order valence-corrected chi connectivity index (χ4v) is 3.76. The van der Waals surface area contributed by atoms with Crippen LogP contribution in [0.4, 0.5) is 0 Å². The Morgan fingerprint density at radius 1 is 1.14 bits per heavy atom. The minimum Gasteiger partial charge on any atom is -0.325 e. The molecular weight excluding hydrogens is 254 g/mol. The number of aryl methyl sites for hydroxylation is 2. The van der Waals surface area contributed by atoms with E-state index in [1.165, 1.54) is 48.8 Å². The Hall–Kier alpha value is -0.820. The molecule has 0 heterocycles. The highest BCUT2D eigenvalue weighted by atomic mass is 14.7. The molecule has 1 saturated carbocycles. The molecule has 0 radical (unpaired) electrons. The van der Waals surface area contributed by atoms with Crippen molar-refractivity contribution < 1.29 is 0 Å². The van der Waals surface area contributed by atoms with Gasteiger partial charge in [0.1, 0.15) is 0 Å². The van der Waals surface area contributed by atoms with Gasteiger partial charge in [-0.3, -0.25) is 0 Å². The molecule has 0 saturated heterocycles. The van der Waals surface area contributed by atoms with Crippen molar-refractivity contribution in [2.24, 2.45) is 17.1 Å². The van der Waals surface area contributed by atoms with Gasteiger partial charge in [-0.15, -0.1) is 0 Å². The van der Waals surface area contributed by atoms with Crippen molar-refractivity contribution in [3.8, 4) is 0 Å². The normalized spacial score (nSPS) is 26.9. The first-order chi connectivity index (χ1) is 9.76. The predicted molar refractivity (Wildman–Crippen MR) is 92.6 cm³/mol. The molecule has 0 amide bonds. The lowest BCUT2D eigenvalue weighted by atomic mass is 9.65. The van der Waals surface area contributed by atoms with Crippen molar-refractivity contribution in [3.05, 3.63) is 34.9 Å². The quantitative estimate of drug-likeness (QED) is 0.812. The molecule has 1 aromatic rings. The molecule has 1 aliphatic rings. The van der Waals surface area contributed by atoms with Gasteiger partial charge in [0.15, 0.2) is 0 Å². The number of hydrogen-bond donors (Lipinski definition) is 1. The maximum atomic E-state index is 6.73. The predicted octanol–water partition coefficient (Wildman–Crippen LogP) is 5.17. The van der Waals surface area contributed by atoms with E-state index in [4.69, 9.17) is 5.73 Å². The van der Waals surface area contributed by atoms with Crippen LogP contribution >= 0.6 is 0 Å². The average molecular weight is 287 g/mol. The van der Waals surface area contributed by atoms with Gasteiger partial charge >= 0.3 is 0 Å². The number of benzene rings is 1. The van der Waals surface area contributed by atoms with Crippen LogP contribution in [0.3, 0.4) is 0 Å². The number of rotatable bonds is 4. The molecule has 1 aromatic carbocycles. The SMILES string of the molecule is CCC(C)(C)C1CCC(N)(Cc2ccc(C)c(C)c2)CC1. The molecule has 1 fully saturated rings. The summed E-state index contributed by atoms with van der Waals surface area (Å²) in [5, 5.41) is 0. The first-order valence-corrected chi connectivity index (χ1v) is 8.61. The monoisotopic (exact) mass is 287 g/mol. The second kappa shape index (κ2) is 6.12. The summed E-state index contributed by atoms with van der Waals surface area (Å²) in [7, 11) is 0. The zero-order chi connectivity index (χ0) is 15.7. The first-order valence-electron chi connectivity index (χ1n) is 8.61. The highest BCUT2D eigenvalue weighted by molar-refractivity contribution is 5.31. The van der Waals surface area contributed by atoms with Gasteiger partial charge < -0.3 is 5.73 Å². The molecule has 0 spiro atoms. The van der Waals surface area contributed by atoms with Gasteiger partial charge in [-0.2, -0.15) is 0 Å². The molecule has 21 heavy (non-hydrogen) atoms. The van der Waals surface area contributed by atoms with Crippen LogP contribution in [0, 0.1) is 25.2 Å². The fourth-order valence-electron chi connectivity index (χ4n) is 3.76. The van der Waals surface area contributed by atoms with E-state index < -0.39 is 0 Å². The van der Waals surface area contributed by atoms with Crippen LogP contribution < -0.4 is 5.73 Å². The zero-order valence-corrected chi connectivity index (χ0v) is 14.6. The molecule has 0 unspecified atom stereocenters. The summed E-state index contributed by atoms with van der Waals surface area (Å²) in [6.45, 7) is 11.5. The van der Waals surface area contributed by atoms with Crippen LogP contribution in [0.15, 0.2) is 18.2 Å². The Labute approximate surface area is 131 Å². The highest BCUT2D eigenvalue weighted by Crippen LogP contribution is 2.43. The fraction of sp³-hybridized carbons (Fsp3) is 0.700. The van der Waals surface area contributed by atoms with Gasteiger partial charge in [0.05, 0.1) is 0 Å². The van der Waals surface area contributed by atoms with Gasteiger partial charge in [-0.1, -0.05) is 45.4 Å². The zero-order valence-electron chi connectivity index (χ0n) is 14.6. The molecule has 0 aromatic heterocycles. The van der Waals surface area contributed by atoms with Crippen molar-refractivity contribution in [2.45, 2.75) is 78.7 Å². The van der Waals surface area contributed by atoms with E-state index in [0.717, 1.165) is 12.3 Å². The summed E-state index contributed by atoms with van der Waals surface area (Å²) in [4.78, 5) is 0. The van der Waals surface area contributed by atoms with Gasteiger partial charge in [0.2, 0.25) is 0 Å². The van der Waals surface area contributed by atoms with E-state index in [1.807, 2.05) is 0 Å². The summed E-state index contributed by atoms with van der Waals surface area (Å²) >= 11 is 0. The largest absolute Gasteiger partial charge is 0.325 e. The van der Waals surface area contributed by atoms with Crippen molar-refractivity contribution in [2.75, 3.05) is 0 Å². The topological polar surface area (TPSA) is 26.0 Å². The number of nitrogens with two attached hydrogens (primary N) is 1. The summed E-state index contributed by atoms with van der Waals surface area (Å²) in [5.41, 5.74) is 11.4. The van der Waals surface area contributed by atoms with Crippen LogP contribution in [0.5, 0.6) is 0 Å².